The van der Waals surface area contributed by atoms with Gasteiger partial charge in [0.2, 0.25) is 0 Å². The minimum Gasteiger partial charge on any atom is -0.237 e. The average molecular weight is 235 g/mol. The van der Waals surface area contributed by atoms with Crippen molar-refractivity contribution in [1.82, 2.24) is 9.97 Å². The van der Waals surface area contributed by atoms with Gasteiger partial charge in [0.05, 0.1) is 0 Å². The van der Waals surface area contributed by atoms with Crippen LogP contribution in [0.15, 0.2) is 6.07 Å². The summed E-state index contributed by atoms with van der Waals surface area (Å²) in [5.74, 6) is 0.0949. The lowest BCUT2D eigenvalue weighted by molar-refractivity contribution is 0.599. The number of halogens is 1. The van der Waals surface area contributed by atoms with E-state index in [1.165, 1.54) is 0 Å². The molecule has 0 fully saturated rings. The van der Waals surface area contributed by atoms with E-state index in [9.17, 15) is 8.42 Å². The second-order valence-corrected chi connectivity index (χ2v) is 5.55. The first-order valence-corrected chi connectivity index (χ1v) is 6.54. The molecule has 0 aliphatic heterocycles. The van der Waals surface area contributed by atoms with Gasteiger partial charge in [-0.05, 0) is 12.5 Å². The molecule has 0 radical (unpaired) electrons. The maximum atomic E-state index is 11.0. The topological polar surface area (TPSA) is 59.9 Å². The summed E-state index contributed by atoms with van der Waals surface area (Å²) in [5, 5.41) is 0.288. The van der Waals surface area contributed by atoms with E-state index in [4.69, 9.17) is 11.6 Å². The number of aromatic nitrogens is 2. The Morgan fingerprint density at radius 2 is 2.07 bits per heavy atom. The van der Waals surface area contributed by atoms with Crippen LogP contribution in [0.3, 0.4) is 0 Å². The van der Waals surface area contributed by atoms with Crippen molar-refractivity contribution in [1.29, 1.82) is 0 Å². The summed E-state index contributed by atoms with van der Waals surface area (Å²) < 4.78 is 22.0. The second kappa shape index (κ2) is 4.23. The predicted octanol–water partition coefficient (Wildman–Crippen LogP) is 1.24. The zero-order chi connectivity index (χ0) is 10.8. The molecule has 1 rings (SSSR count). The molecule has 1 heterocycles. The monoisotopic (exact) mass is 234 g/mol. The normalized spacial score (nSPS) is 11.6. The Bertz CT molecular complexity index is 431. The quantitative estimate of drug-likeness (QED) is 0.739. The highest BCUT2D eigenvalue weighted by Crippen LogP contribution is 2.09. The van der Waals surface area contributed by atoms with Crippen LogP contribution in [0, 0.1) is 0 Å². The van der Waals surface area contributed by atoms with Gasteiger partial charge in [-0.3, -0.25) is 0 Å². The van der Waals surface area contributed by atoms with Crippen molar-refractivity contribution >= 4 is 21.4 Å². The van der Waals surface area contributed by atoms with E-state index in [2.05, 4.69) is 9.97 Å². The predicted molar refractivity (Wildman–Crippen MR) is 55.0 cm³/mol. The lowest BCUT2D eigenvalue weighted by Crippen LogP contribution is -2.06. The highest BCUT2D eigenvalue weighted by Gasteiger charge is 2.09. The Kier molecular flexibility index (Phi) is 3.44. The molecule has 0 amide bonds. The lowest BCUT2D eigenvalue weighted by atomic mass is 10.3. The highest BCUT2D eigenvalue weighted by atomic mass is 35.5. The fraction of sp³-hybridized carbons (Fsp3) is 0.500. The van der Waals surface area contributed by atoms with Gasteiger partial charge in [0, 0.05) is 11.9 Å². The van der Waals surface area contributed by atoms with Gasteiger partial charge in [0.1, 0.15) is 16.7 Å². The van der Waals surface area contributed by atoms with Crippen LogP contribution in [-0.4, -0.2) is 24.6 Å². The van der Waals surface area contributed by atoms with Gasteiger partial charge in [-0.25, -0.2) is 18.4 Å². The van der Waals surface area contributed by atoms with E-state index in [-0.39, 0.29) is 16.7 Å². The van der Waals surface area contributed by atoms with Crippen molar-refractivity contribution in [2.45, 2.75) is 19.1 Å². The molecule has 4 nitrogen and oxygen atoms in total. The molecular formula is C8H11ClN2O2S. The van der Waals surface area contributed by atoms with Crippen molar-refractivity contribution < 1.29 is 8.42 Å². The zero-order valence-electron chi connectivity index (χ0n) is 7.99. The van der Waals surface area contributed by atoms with Crippen LogP contribution in [0.5, 0.6) is 0 Å². The molecule has 0 aliphatic carbocycles. The van der Waals surface area contributed by atoms with Crippen molar-refractivity contribution in [3.05, 3.63) is 22.7 Å². The Morgan fingerprint density at radius 3 is 2.57 bits per heavy atom. The van der Waals surface area contributed by atoms with E-state index < -0.39 is 9.84 Å². The largest absolute Gasteiger partial charge is 0.237 e. The SMILES string of the molecule is CCc1cc(Cl)nc(CS(C)(=O)=O)n1. The molecule has 0 saturated carbocycles. The number of nitrogens with zero attached hydrogens (tertiary/aromatic N) is 2. The minimum atomic E-state index is -3.10. The molecule has 0 spiro atoms. The van der Waals surface area contributed by atoms with E-state index >= 15 is 0 Å². The smallest absolute Gasteiger partial charge is 0.154 e. The van der Waals surface area contributed by atoms with Crippen LogP contribution in [0.4, 0.5) is 0 Å². The highest BCUT2D eigenvalue weighted by molar-refractivity contribution is 7.89. The molecule has 0 atom stereocenters. The van der Waals surface area contributed by atoms with E-state index in [0.717, 1.165) is 11.9 Å². The molecule has 0 saturated heterocycles. The third-order valence-electron chi connectivity index (χ3n) is 1.55. The first-order valence-electron chi connectivity index (χ1n) is 4.11. The number of aryl methyl sites for hydroxylation is 1. The maximum absolute atomic E-state index is 11.0. The van der Waals surface area contributed by atoms with Gasteiger partial charge in [-0.1, -0.05) is 18.5 Å². The summed E-state index contributed by atoms with van der Waals surface area (Å²) in [6, 6.07) is 1.63. The summed E-state index contributed by atoms with van der Waals surface area (Å²) >= 11 is 5.71. The van der Waals surface area contributed by atoms with Crippen LogP contribution in [0.25, 0.3) is 0 Å². The number of rotatable bonds is 3. The van der Waals surface area contributed by atoms with Gasteiger partial charge in [0.25, 0.3) is 0 Å². The molecule has 1 aromatic rings. The summed E-state index contributed by atoms with van der Waals surface area (Å²) in [7, 11) is -3.10. The van der Waals surface area contributed by atoms with Crippen molar-refractivity contribution in [2.75, 3.05) is 6.26 Å². The van der Waals surface area contributed by atoms with Gasteiger partial charge < -0.3 is 0 Å². The molecule has 0 aliphatic rings. The Morgan fingerprint density at radius 1 is 1.43 bits per heavy atom. The van der Waals surface area contributed by atoms with Gasteiger partial charge in [-0.15, -0.1) is 0 Å². The van der Waals surface area contributed by atoms with Gasteiger partial charge in [-0.2, -0.15) is 0 Å². The first kappa shape index (κ1) is 11.4. The van der Waals surface area contributed by atoms with Crippen LogP contribution < -0.4 is 0 Å². The van der Waals surface area contributed by atoms with Crippen LogP contribution >= 0.6 is 11.6 Å². The number of hydrogen-bond donors (Lipinski definition) is 0. The summed E-state index contributed by atoms with van der Waals surface area (Å²) in [6.07, 6.45) is 1.85. The fourth-order valence-electron chi connectivity index (χ4n) is 0.996. The summed E-state index contributed by atoms with van der Waals surface area (Å²) in [6.45, 7) is 1.92. The maximum Gasteiger partial charge on any atom is 0.154 e. The number of hydrogen-bond acceptors (Lipinski definition) is 4. The molecule has 0 bridgehead atoms. The molecule has 6 heteroatoms. The molecular weight excluding hydrogens is 224 g/mol. The van der Waals surface area contributed by atoms with Crippen LogP contribution in [-0.2, 0) is 22.0 Å². The zero-order valence-corrected chi connectivity index (χ0v) is 9.56. The molecule has 0 N–H and O–H groups in total. The van der Waals surface area contributed by atoms with Crippen molar-refractivity contribution in [3.8, 4) is 0 Å². The minimum absolute atomic E-state index is 0.166. The molecule has 78 valence electrons. The molecule has 14 heavy (non-hydrogen) atoms. The second-order valence-electron chi connectivity index (χ2n) is 3.02. The molecule has 0 unspecified atom stereocenters. The Hall–Kier alpha value is -0.680. The van der Waals surface area contributed by atoms with Gasteiger partial charge >= 0.3 is 0 Å². The first-order chi connectivity index (χ1) is 6.40. The lowest BCUT2D eigenvalue weighted by Gasteiger charge is -2.01. The van der Waals surface area contributed by atoms with Crippen LogP contribution in [0.1, 0.15) is 18.4 Å². The summed E-state index contributed by atoms with van der Waals surface area (Å²) in [5.41, 5.74) is 0.753. The third-order valence-corrected chi connectivity index (χ3v) is 2.52. The van der Waals surface area contributed by atoms with E-state index in [0.29, 0.717) is 6.42 Å². The molecule has 0 aromatic carbocycles. The Labute approximate surface area is 88.3 Å². The van der Waals surface area contributed by atoms with Crippen LogP contribution in [0.2, 0.25) is 5.15 Å². The standard InChI is InChI=1S/C8H11ClN2O2S/c1-3-6-4-7(9)11-8(10-6)5-14(2,12)13/h4H,3,5H2,1-2H3. The van der Waals surface area contributed by atoms with E-state index in [1.807, 2.05) is 6.92 Å². The Balaban J connectivity index is 3.04. The fourth-order valence-corrected chi connectivity index (χ4v) is 1.82. The average Bonchev–Trinajstić information content (AvgIpc) is 1.99. The third kappa shape index (κ3) is 3.59. The number of sulfone groups is 1. The summed E-state index contributed by atoms with van der Waals surface area (Å²) in [4.78, 5) is 7.91. The van der Waals surface area contributed by atoms with E-state index in [1.54, 1.807) is 6.07 Å². The van der Waals surface area contributed by atoms with Crippen molar-refractivity contribution in [2.24, 2.45) is 0 Å². The molecule has 1 aromatic heterocycles. The van der Waals surface area contributed by atoms with Gasteiger partial charge in [0.15, 0.2) is 9.84 Å². The van der Waals surface area contributed by atoms with Crippen molar-refractivity contribution in [3.63, 3.8) is 0 Å².